The molecule has 0 heterocycles. The number of hydrogen-bond acceptors (Lipinski definition) is 2. The van der Waals surface area contributed by atoms with Crippen molar-refractivity contribution in [1.29, 1.82) is 0 Å². The Balaban J connectivity index is 2.10. The third-order valence-corrected chi connectivity index (χ3v) is 4.59. The molecule has 0 atom stereocenters. The molecule has 0 spiro atoms. The highest BCUT2D eigenvalue weighted by Crippen LogP contribution is 2.22. The van der Waals surface area contributed by atoms with Crippen LogP contribution in [-0.2, 0) is 10.0 Å². The second kappa shape index (κ2) is 6.15. The first-order valence-electron chi connectivity index (χ1n) is 6.63. The van der Waals surface area contributed by atoms with Gasteiger partial charge in [-0.15, -0.1) is 0 Å². The zero-order valence-electron chi connectivity index (χ0n) is 11.2. The van der Waals surface area contributed by atoms with Crippen LogP contribution in [0, 0.1) is 6.92 Å². The van der Waals surface area contributed by atoms with Crippen molar-refractivity contribution in [1.82, 2.24) is 0 Å². The topological polar surface area (TPSA) is 46.5 Å². The fraction of sp³-hybridized carbons (Fsp3) is 0.400. The average Bonchev–Trinajstić information content (AvgIpc) is 2.40. The van der Waals surface area contributed by atoms with Crippen molar-refractivity contribution < 1.29 is 8.42 Å². The van der Waals surface area contributed by atoms with E-state index in [4.69, 9.17) is 0 Å². The van der Waals surface area contributed by atoms with Crippen LogP contribution < -0.4 is 0 Å². The first kappa shape index (κ1) is 14.0. The van der Waals surface area contributed by atoms with Crippen molar-refractivity contribution >= 4 is 16.2 Å². The standard InChI is InChI=1S/C15H19NO2S/c1-13-7-9-15(10-8-13)19(17,18)16-12-11-14-5-3-2-4-6-14/h7-12H,2-6H2,1H3/b16-12+. The van der Waals surface area contributed by atoms with Gasteiger partial charge in [-0.05, 0) is 50.8 Å². The Morgan fingerprint density at radius 2 is 1.68 bits per heavy atom. The van der Waals surface area contributed by atoms with Crippen LogP contribution in [-0.4, -0.2) is 14.6 Å². The van der Waals surface area contributed by atoms with Gasteiger partial charge in [-0.25, -0.2) is 0 Å². The van der Waals surface area contributed by atoms with Crippen molar-refractivity contribution in [2.24, 2.45) is 4.40 Å². The Morgan fingerprint density at radius 3 is 2.32 bits per heavy atom. The van der Waals surface area contributed by atoms with Crippen LogP contribution in [0.25, 0.3) is 0 Å². The summed E-state index contributed by atoms with van der Waals surface area (Å²) >= 11 is 0. The molecule has 0 unspecified atom stereocenters. The Bertz CT molecular complexity index is 575. The molecule has 1 aromatic carbocycles. The van der Waals surface area contributed by atoms with E-state index in [1.54, 1.807) is 24.3 Å². The van der Waals surface area contributed by atoms with Gasteiger partial charge >= 0.3 is 0 Å². The van der Waals surface area contributed by atoms with Crippen molar-refractivity contribution in [2.75, 3.05) is 0 Å². The van der Waals surface area contributed by atoms with Gasteiger partial charge in [-0.1, -0.05) is 29.7 Å². The van der Waals surface area contributed by atoms with Gasteiger partial charge in [0.05, 0.1) is 4.90 Å². The summed E-state index contributed by atoms with van der Waals surface area (Å²) in [7, 11) is -3.55. The molecule has 0 amide bonds. The van der Waals surface area contributed by atoms with Gasteiger partial charge < -0.3 is 0 Å². The number of aryl methyl sites for hydroxylation is 1. The maximum absolute atomic E-state index is 12.0. The molecule has 4 heteroatoms. The lowest BCUT2D eigenvalue weighted by Gasteiger charge is -2.11. The normalized spacial score (nSPS) is 16.8. The van der Waals surface area contributed by atoms with E-state index in [0.29, 0.717) is 0 Å². The van der Waals surface area contributed by atoms with Crippen LogP contribution in [0.1, 0.15) is 37.7 Å². The number of rotatable bonds is 3. The van der Waals surface area contributed by atoms with E-state index < -0.39 is 10.0 Å². The minimum absolute atomic E-state index is 0.247. The third kappa shape index (κ3) is 4.03. The van der Waals surface area contributed by atoms with Crippen molar-refractivity contribution in [3.05, 3.63) is 41.5 Å². The van der Waals surface area contributed by atoms with Crippen LogP contribution >= 0.6 is 0 Å². The van der Waals surface area contributed by atoms with Gasteiger partial charge in [-0.2, -0.15) is 12.8 Å². The fourth-order valence-corrected chi connectivity index (χ4v) is 2.98. The van der Waals surface area contributed by atoms with E-state index in [1.165, 1.54) is 31.1 Å². The number of benzene rings is 1. The van der Waals surface area contributed by atoms with Crippen LogP contribution in [0.5, 0.6) is 0 Å². The molecule has 0 aromatic heterocycles. The van der Waals surface area contributed by atoms with E-state index >= 15 is 0 Å². The smallest absolute Gasteiger partial charge is 0.199 e. The lowest BCUT2D eigenvalue weighted by molar-refractivity contribution is 0.597. The highest BCUT2D eigenvalue weighted by molar-refractivity contribution is 7.90. The number of allylic oxidation sites excluding steroid dienone is 2. The van der Waals surface area contributed by atoms with Crippen molar-refractivity contribution in [3.63, 3.8) is 0 Å². The predicted octanol–water partition coefficient (Wildman–Crippen LogP) is 3.65. The molecular formula is C15H19NO2S. The number of sulfonamides is 1. The summed E-state index contributed by atoms with van der Waals surface area (Å²) in [6.45, 7) is 1.92. The monoisotopic (exact) mass is 277 g/mol. The molecular weight excluding hydrogens is 258 g/mol. The highest BCUT2D eigenvalue weighted by atomic mass is 32.2. The summed E-state index contributed by atoms with van der Waals surface area (Å²) in [5.41, 5.74) is 2.33. The minimum atomic E-state index is -3.55. The molecule has 0 saturated heterocycles. The summed E-state index contributed by atoms with van der Waals surface area (Å²) in [4.78, 5) is 0.247. The first-order valence-corrected chi connectivity index (χ1v) is 8.07. The molecule has 1 saturated carbocycles. The summed E-state index contributed by atoms with van der Waals surface area (Å²) in [6.07, 6.45) is 9.08. The molecule has 0 bridgehead atoms. The first-order chi connectivity index (χ1) is 9.08. The maximum atomic E-state index is 12.0. The van der Waals surface area contributed by atoms with E-state index in [0.717, 1.165) is 18.4 Å². The van der Waals surface area contributed by atoms with E-state index in [1.807, 2.05) is 13.0 Å². The van der Waals surface area contributed by atoms with Gasteiger partial charge in [0.1, 0.15) is 0 Å². The summed E-state index contributed by atoms with van der Waals surface area (Å²) in [5, 5.41) is 0. The lowest BCUT2D eigenvalue weighted by Crippen LogP contribution is -1.98. The molecule has 102 valence electrons. The molecule has 1 aromatic rings. The Labute approximate surface area is 115 Å². The largest absolute Gasteiger partial charge is 0.282 e. The van der Waals surface area contributed by atoms with Crippen LogP contribution in [0.3, 0.4) is 0 Å². The van der Waals surface area contributed by atoms with E-state index in [-0.39, 0.29) is 4.90 Å². The third-order valence-electron chi connectivity index (χ3n) is 3.32. The fourth-order valence-electron chi connectivity index (χ4n) is 2.16. The van der Waals surface area contributed by atoms with Crippen LogP contribution in [0.4, 0.5) is 0 Å². The Morgan fingerprint density at radius 1 is 1.05 bits per heavy atom. The summed E-state index contributed by atoms with van der Waals surface area (Å²) in [6, 6.07) is 6.75. The quantitative estimate of drug-likeness (QED) is 0.792. The average molecular weight is 277 g/mol. The van der Waals surface area contributed by atoms with Gasteiger partial charge in [-0.3, -0.25) is 0 Å². The highest BCUT2D eigenvalue weighted by Gasteiger charge is 2.10. The number of nitrogens with zero attached hydrogens (tertiary/aromatic N) is 1. The van der Waals surface area contributed by atoms with Crippen LogP contribution in [0.15, 0.2) is 45.2 Å². The molecule has 19 heavy (non-hydrogen) atoms. The van der Waals surface area contributed by atoms with Crippen molar-refractivity contribution in [2.45, 2.75) is 43.9 Å². The summed E-state index contributed by atoms with van der Waals surface area (Å²) in [5.74, 6) is 0. The predicted molar refractivity (Wildman–Crippen MR) is 78.0 cm³/mol. The Hall–Kier alpha value is -1.42. The van der Waals surface area contributed by atoms with Crippen LogP contribution in [0.2, 0.25) is 0 Å². The van der Waals surface area contributed by atoms with Gasteiger partial charge in [0, 0.05) is 6.21 Å². The lowest BCUT2D eigenvalue weighted by atomic mass is 9.95. The second-order valence-electron chi connectivity index (χ2n) is 4.93. The molecule has 1 aliphatic rings. The van der Waals surface area contributed by atoms with Gasteiger partial charge in [0.15, 0.2) is 0 Å². The van der Waals surface area contributed by atoms with Gasteiger partial charge in [0.25, 0.3) is 10.0 Å². The molecule has 2 rings (SSSR count). The molecule has 1 aliphatic carbocycles. The molecule has 0 radical (unpaired) electrons. The van der Waals surface area contributed by atoms with Gasteiger partial charge in [0.2, 0.25) is 0 Å². The van der Waals surface area contributed by atoms with E-state index in [9.17, 15) is 8.42 Å². The second-order valence-corrected chi connectivity index (χ2v) is 6.56. The zero-order valence-corrected chi connectivity index (χ0v) is 12.0. The SMILES string of the molecule is Cc1ccc(S(=O)(=O)/N=C/C=C2CCCCC2)cc1. The molecule has 3 nitrogen and oxygen atoms in total. The summed E-state index contributed by atoms with van der Waals surface area (Å²) < 4.78 is 27.6. The Kier molecular flexibility index (Phi) is 4.53. The molecule has 0 aliphatic heterocycles. The zero-order chi connectivity index (χ0) is 13.7. The van der Waals surface area contributed by atoms with E-state index in [2.05, 4.69) is 4.40 Å². The molecule has 0 N–H and O–H groups in total. The molecule has 1 fully saturated rings. The van der Waals surface area contributed by atoms with Crippen molar-refractivity contribution in [3.8, 4) is 0 Å². The maximum Gasteiger partial charge on any atom is 0.282 e. The minimum Gasteiger partial charge on any atom is -0.199 e. The number of hydrogen-bond donors (Lipinski definition) is 0.